The molecule has 1 aliphatic rings. The first-order valence-electron chi connectivity index (χ1n) is 6.32. The highest BCUT2D eigenvalue weighted by molar-refractivity contribution is 9.10. The van der Waals surface area contributed by atoms with E-state index >= 15 is 0 Å². The van der Waals surface area contributed by atoms with E-state index in [4.69, 9.17) is 5.73 Å². The van der Waals surface area contributed by atoms with E-state index in [1.54, 1.807) is 30.3 Å². The Morgan fingerprint density at radius 1 is 1.24 bits per heavy atom. The summed E-state index contributed by atoms with van der Waals surface area (Å²) in [6.07, 6.45) is 0. The van der Waals surface area contributed by atoms with Gasteiger partial charge in [0.25, 0.3) is 5.91 Å². The lowest BCUT2D eigenvalue weighted by Crippen LogP contribution is -2.42. The van der Waals surface area contributed by atoms with Crippen LogP contribution in [-0.2, 0) is 4.79 Å². The molecular formula is C15H12BrN3O2. The maximum atomic E-state index is 12.7. The Labute approximate surface area is 129 Å². The fourth-order valence-corrected chi connectivity index (χ4v) is 2.68. The first kappa shape index (κ1) is 13.6. The van der Waals surface area contributed by atoms with Crippen molar-refractivity contribution < 1.29 is 9.59 Å². The molecule has 5 nitrogen and oxygen atoms in total. The van der Waals surface area contributed by atoms with Crippen LogP contribution in [0.15, 0.2) is 46.9 Å². The number of para-hydroxylation sites is 2. The summed E-state index contributed by atoms with van der Waals surface area (Å²) < 4.78 is 0.644. The Bertz CT molecular complexity index is 745. The molecule has 2 aromatic rings. The Balaban J connectivity index is 2.06. The maximum absolute atomic E-state index is 12.7. The van der Waals surface area contributed by atoms with Gasteiger partial charge in [0.05, 0.1) is 16.9 Å². The molecule has 0 fully saturated rings. The number of nitrogens with two attached hydrogens (primary N) is 1. The number of amides is 2. The van der Waals surface area contributed by atoms with Crippen LogP contribution >= 0.6 is 15.9 Å². The number of hydrogen-bond donors (Lipinski definition) is 2. The van der Waals surface area contributed by atoms with Crippen LogP contribution in [0.25, 0.3) is 0 Å². The zero-order valence-electron chi connectivity index (χ0n) is 11.0. The van der Waals surface area contributed by atoms with Crippen molar-refractivity contribution >= 4 is 44.8 Å². The van der Waals surface area contributed by atoms with Crippen molar-refractivity contribution in [3.63, 3.8) is 0 Å². The van der Waals surface area contributed by atoms with E-state index in [0.29, 0.717) is 27.1 Å². The molecule has 0 bridgehead atoms. The van der Waals surface area contributed by atoms with Crippen molar-refractivity contribution in [2.24, 2.45) is 0 Å². The van der Waals surface area contributed by atoms with Crippen molar-refractivity contribution in [3.8, 4) is 0 Å². The molecular weight excluding hydrogens is 334 g/mol. The van der Waals surface area contributed by atoms with Crippen molar-refractivity contribution in [1.29, 1.82) is 0 Å². The number of carbonyl (C=O) groups excluding carboxylic acids is 2. The minimum Gasteiger partial charge on any atom is -0.399 e. The van der Waals surface area contributed by atoms with Gasteiger partial charge in [-0.15, -0.1) is 0 Å². The van der Waals surface area contributed by atoms with E-state index in [-0.39, 0.29) is 18.4 Å². The summed E-state index contributed by atoms with van der Waals surface area (Å²) in [6, 6.07) is 12.2. The molecule has 6 heteroatoms. The van der Waals surface area contributed by atoms with Gasteiger partial charge in [0.2, 0.25) is 5.91 Å². The fraction of sp³-hybridized carbons (Fsp3) is 0.0667. The minimum atomic E-state index is -0.267. The number of nitrogen functional groups attached to an aromatic ring is 1. The molecule has 0 unspecified atom stereocenters. The summed E-state index contributed by atoms with van der Waals surface area (Å²) in [5, 5.41) is 2.75. The molecule has 1 heterocycles. The molecule has 21 heavy (non-hydrogen) atoms. The number of nitrogens with one attached hydrogen (secondary N) is 1. The molecule has 1 aliphatic heterocycles. The normalized spacial score (nSPS) is 13.6. The van der Waals surface area contributed by atoms with E-state index in [9.17, 15) is 9.59 Å². The number of anilines is 3. The van der Waals surface area contributed by atoms with Crippen LogP contribution in [0.1, 0.15) is 10.4 Å². The van der Waals surface area contributed by atoms with Gasteiger partial charge in [-0.1, -0.05) is 12.1 Å². The highest BCUT2D eigenvalue weighted by Crippen LogP contribution is 2.31. The lowest BCUT2D eigenvalue weighted by atomic mass is 10.1. The summed E-state index contributed by atoms with van der Waals surface area (Å²) >= 11 is 3.35. The van der Waals surface area contributed by atoms with Crippen molar-refractivity contribution in [2.45, 2.75) is 0 Å². The first-order valence-corrected chi connectivity index (χ1v) is 7.11. The quantitative estimate of drug-likeness (QED) is 0.780. The lowest BCUT2D eigenvalue weighted by molar-refractivity contribution is -0.115. The maximum Gasteiger partial charge on any atom is 0.260 e. The summed E-state index contributed by atoms with van der Waals surface area (Å²) in [5.41, 5.74) is 7.98. The van der Waals surface area contributed by atoms with Gasteiger partial charge in [-0.3, -0.25) is 14.5 Å². The highest BCUT2D eigenvalue weighted by Gasteiger charge is 2.28. The summed E-state index contributed by atoms with van der Waals surface area (Å²) in [7, 11) is 0. The molecule has 3 N–H and O–H groups in total. The topological polar surface area (TPSA) is 75.4 Å². The Morgan fingerprint density at radius 3 is 2.81 bits per heavy atom. The number of halogens is 1. The summed E-state index contributed by atoms with van der Waals surface area (Å²) in [4.78, 5) is 26.0. The summed E-state index contributed by atoms with van der Waals surface area (Å²) in [6.45, 7) is -0.0168. The number of fused-ring (bicyclic) bond motifs is 1. The number of rotatable bonds is 1. The summed E-state index contributed by atoms with van der Waals surface area (Å²) in [5.74, 6) is -0.487. The number of benzene rings is 2. The third-order valence-corrected chi connectivity index (χ3v) is 3.93. The molecule has 0 saturated carbocycles. The van der Waals surface area contributed by atoms with E-state index in [1.165, 1.54) is 4.90 Å². The molecule has 2 amide bonds. The molecule has 0 aliphatic carbocycles. The SMILES string of the molecule is Nc1ccc(Br)c(C(=O)N2CC(=O)Nc3ccccc32)c1. The predicted octanol–water partition coefficient (Wildman–Crippen LogP) is 2.63. The van der Waals surface area contributed by atoms with Crippen LogP contribution in [0.2, 0.25) is 0 Å². The van der Waals surface area contributed by atoms with Crippen molar-refractivity contribution in [3.05, 3.63) is 52.5 Å². The monoisotopic (exact) mass is 345 g/mol. The molecule has 0 saturated heterocycles. The van der Waals surface area contributed by atoms with Gasteiger partial charge in [-0.25, -0.2) is 0 Å². The van der Waals surface area contributed by atoms with Crippen LogP contribution in [0.3, 0.4) is 0 Å². The minimum absolute atomic E-state index is 0.0168. The van der Waals surface area contributed by atoms with Crippen LogP contribution in [0.4, 0.5) is 17.1 Å². The van der Waals surface area contributed by atoms with Gasteiger partial charge >= 0.3 is 0 Å². The van der Waals surface area contributed by atoms with Gasteiger partial charge in [-0.2, -0.15) is 0 Å². The van der Waals surface area contributed by atoms with E-state index in [2.05, 4.69) is 21.2 Å². The highest BCUT2D eigenvalue weighted by atomic mass is 79.9. The second-order valence-electron chi connectivity index (χ2n) is 4.70. The fourth-order valence-electron chi connectivity index (χ4n) is 2.27. The number of carbonyl (C=O) groups is 2. The largest absolute Gasteiger partial charge is 0.399 e. The van der Waals surface area contributed by atoms with Crippen molar-refractivity contribution in [2.75, 3.05) is 22.5 Å². The van der Waals surface area contributed by atoms with Crippen LogP contribution in [0.5, 0.6) is 0 Å². The average molecular weight is 346 g/mol. The second-order valence-corrected chi connectivity index (χ2v) is 5.55. The second kappa shape index (κ2) is 5.21. The molecule has 2 aromatic carbocycles. The third-order valence-electron chi connectivity index (χ3n) is 3.24. The van der Waals surface area contributed by atoms with Gasteiger partial charge in [0.15, 0.2) is 0 Å². The van der Waals surface area contributed by atoms with Gasteiger partial charge in [0, 0.05) is 10.2 Å². The first-order chi connectivity index (χ1) is 10.1. The molecule has 0 aromatic heterocycles. The van der Waals surface area contributed by atoms with Gasteiger partial charge < -0.3 is 11.1 Å². The molecule has 0 radical (unpaired) electrons. The predicted molar refractivity (Wildman–Crippen MR) is 85.3 cm³/mol. The van der Waals surface area contributed by atoms with E-state index in [0.717, 1.165) is 0 Å². The van der Waals surface area contributed by atoms with Gasteiger partial charge in [0.1, 0.15) is 6.54 Å². The van der Waals surface area contributed by atoms with Crippen LogP contribution in [-0.4, -0.2) is 18.4 Å². The average Bonchev–Trinajstić information content (AvgIpc) is 2.48. The Hall–Kier alpha value is -2.34. The smallest absolute Gasteiger partial charge is 0.260 e. The van der Waals surface area contributed by atoms with Crippen LogP contribution < -0.4 is 16.0 Å². The lowest BCUT2D eigenvalue weighted by Gasteiger charge is -2.29. The Morgan fingerprint density at radius 2 is 2.00 bits per heavy atom. The van der Waals surface area contributed by atoms with Crippen molar-refractivity contribution in [1.82, 2.24) is 0 Å². The third kappa shape index (κ3) is 2.50. The Kier molecular flexibility index (Phi) is 3.39. The van der Waals surface area contributed by atoms with E-state index in [1.807, 2.05) is 12.1 Å². The zero-order valence-corrected chi connectivity index (χ0v) is 12.6. The van der Waals surface area contributed by atoms with Gasteiger partial charge in [-0.05, 0) is 46.3 Å². The number of nitrogens with zero attached hydrogens (tertiary/aromatic N) is 1. The van der Waals surface area contributed by atoms with Crippen LogP contribution in [0, 0.1) is 0 Å². The number of hydrogen-bond acceptors (Lipinski definition) is 3. The molecule has 0 spiro atoms. The molecule has 3 rings (SSSR count). The standard InChI is InChI=1S/C15H12BrN3O2/c16-11-6-5-9(17)7-10(11)15(21)19-8-14(20)18-12-3-1-2-4-13(12)19/h1-7H,8,17H2,(H,18,20). The zero-order chi connectivity index (χ0) is 15.0. The van der Waals surface area contributed by atoms with E-state index < -0.39 is 0 Å². The molecule has 106 valence electrons. The molecule has 0 atom stereocenters.